The van der Waals surface area contributed by atoms with Crippen molar-refractivity contribution in [3.8, 4) is 0 Å². The second kappa shape index (κ2) is 13.2. The molecule has 2 N–H and O–H groups in total. The number of hydrogen-bond donors (Lipinski definition) is 2. The van der Waals surface area contributed by atoms with Gasteiger partial charge >= 0.3 is 0 Å². The molecule has 0 spiro atoms. The molecule has 0 aliphatic carbocycles. The summed E-state index contributed by atoms with van der Waals surface area (Å²) in [4.78, 5) is 25.5. The Morgan fingerprint density at radius 3 is 2.22 bits per heavy atom. The van der Waals surface area contributed by atoms with Gasteiger partial charge in [0.2, 0.25) is 0 Å². The third-order valence-electron chi connectivity index (χ3n) is 5.78. The van der Waals surface area contributed by atoms with Gasteiger partial charge in [-0.05, 0) is 73.2 Å². The summed E-state index contributed by atoms with van der Waals surface area (Å²) in [6, 6.07) is 25.4. The molecule has 4 rings (SSSR count). The Hall–Kier alpha value is -3.89. The molecule has 0 atom stereocenters. The van der Waals surface area contributed by atoms with Crippen molar-refractivity contribution in [3.05, 3.63) is 123 Å². The minimum Gasteiger partial charge on any atom is -0.322 e. The van der Waals surface area contributed by atoms with Crippen LogP contribution in [0.4, 0.5) is 11.4 Å². The van der Waals surface area contributed by atoms with Gasteiger partial charge in [-0.3, -0.25) is 13.9 Å². The lowest BCUT2D eigenvalue weighted by Crippen LogP contribution is -2.39. The van der Waals surface area contributed by atoms with Crippen LogP contribution in [-0.2, 0) is 14.8 Å². The van der Waals surface area contributed by atoms with Crippen LogP contribution in [0.3, 0.4) is 0 Å². The molecule has 2 amide bonds. The normalized spacial score (nSPS) is 11.6. The lowest BCUT2D eigenvalue weighted by Gasteiger charge is -2.24. The maximum Gasteiger partial charge on any atom is 0.264 e. The number of amides is 2. The van der Waals surface area contributed by atoms with E-state index in [2.05, 4.69) is 15.8 Å². The molecule has 0 saturated carbocycles. The van der Waals surface area contributed by atoms with E-state index < -0.39 is 22.5 Å². The van der Waals surface area contributed by atoms with Crippen molar-refractivity contribution in [3.63, 3.8) is 0 Å². The highest BCUT2D eigenvalue weighted by atomic mass is 35.5. The van der Waals surface area contributed by atoms with Gasteiger partial charge in [0.15, 0.2) is 0 Å². The van der Waals surface area contributed by atoms with Crippen molar-refractivity contribution in [2.24, 2.45) is 5.10 Å². The highest BCUT2D eigenvalue weighted by Crippen LogP contribution is 2.30. The predicted molar refractivity (Wildman–Crippen MR) is 164 cm³/mol. The van der Waals surface area contributed by atoms with Gasteiger partial charge in [0.25, 0.3) is 21.8 Å². The van der Waals surface area contributed by atoms with Crippen molar-refractivity contribution < 1.29 is 18.0 Å². The number of anilines is 2. The van der Waals surface area contributed by atoms with E-state index in [0.717, 1.165) is 4.31 Å². The summed E-state index contributed by atoms with van der Waals surface area (Å²) in [7, 11) is -4.14. The van der Waals surface area contributed by atoms with E-state index in [1.807, 2.05) is 0 Å². The molecule has 0 radical (unpaired) electrons. The molecule has 0 aliphatic rings. The number of nitrogens with one attached hydrogen (secondary N) is 2. The van der Waals surface area contributed by atoms with Gasteiger partial charge in [-0.25, -0.2) is 13.8 Å². The Bertz CT molecular complexity index is 1730. The number of sulfonamides is 1. The first kappa shape index (κ1) is 30.1. The predicted octanol–water partition coefficient (Wildman–Crippen LogP) is 6.63. The maximum atomic E-state index is 13.5. The van der Waals surface area contributed by atoms with Gasteiger partial charge in [0.1, 0.15) is 6.54 Å². The van der Waals surface area contributed by atoms with E-state index in [-0.39, 0.29) is 26.5 Å². The largest absolute Gasteiger partial charge is 0.322 e. The number of hydrogen-bond acceptors (Lipinski definition) is 5. The zero-order valence-corrected chi connectivity index (χ0v) is 24.6. The number of carbonyl (C=O) groups is 2. The summed E-state index contributed by atoms with van der Waals surface area (Å²) in [5.74, 6) is -1.03. The van der Waals surface area contributed by atoms with E-state index in [4.69, 9.17) is 34.8 Å². The lowest BCUT2D eigenvalue weighted by molar-refractivity contribution is -0.119. The van der Waals surface area contributed by atoms with Gasteiger partial charge in [0, 0.05) is 16.3 Å². The zero-order valence-electron chi connectivity index (χ0n) is 21.5. The first-order valence-electron chi connectivity index (χ1n) is 12.1. The molecule has 0 aliphatic heterocycles. The summed E-state index contributed by atoms with van der Waals surface area (Å²) in [5.41, 5.74) is 4.51. The van der Waals surface area contributed by atoms with Crippen molar-refractivity contribution in [2.45, 2.75) is 11.8 Å². The topological polar surface area (TPSA) is 108 Å². The summed E-state index contributed by atoms with van der Waals surface area (Å²) >= 11 is 18.1. The highest BCUT2D eigenvalue weighted by molar-refractivity contribution is 7.92. The fourth-order valence-electron chi connectivity index (χ4n) is 3.71. The molecule has 0 heterocycles. The van der Waals surface area contributed by atoms with Gasteiger partial charge < -0.3 is 5.32 Å². The summed E-state index contributed by atoms with van der Waals surface area (Å²) in [5, 5.41) is 7.75. The number of hydrazone groups is 1. The first-order chi connectivity index (χ1) is 19.5. The summed E-state index contributed by atoms with van der Waals surface area (Å²) in [6.45, 7) is 1.08. The van der Waals surface area contributed by atoms with Crippen LogP contribution in [-0.4, -0.2) is 32.5 Å². The van der Waals surface area contributed by atoms with Crippen LogP contribution in [0, 0.1) is 0 Å². The maximum absolute atomic E-state index is 13.5. The standard InChI is InChI=1S/C29H23Cl3N4O4S/c1-19(20-7-6-10-23(16-20)33-29(38)21-8-5-9-22(30)15-21)34-35-28(37)18-36(24-13-14-26(31)27(32)17-24)41(39,40)25-11-3-2-4-12-25/h2-17H,18H2,1H3,(H,33,38)(H,35,37)/b34-19-. The van der Waals surface area contributed by atoms with Crippen LogP contribution >= 0.6 is 34.8 Å². The monoisotopic (exact) mass is 628 g/mol. The molecular weight excluding hydrogens is 607 g/mol. The van der Waals surface area contributed by atoms with Gasteiger partial charge in [-0.2, -0.15) is 5.10 Å². The van der Waals surface area contributed by atoms with Crippen molar-refractivity contribution in [1.82, 2.24) is 5.43 Å². The quantitative estimate of drug-likeness (QED) is 0.160. The molecule has 0 unspecified atom stereocenters. The lowest BCUT2D eigenvalue weighted by atomic mass is 10.1. The van der Waals surface area contributed by atoms with Gasteiger partial charge in [0.05, 0.1) is 26.3 Å². The number of halogens is 3. The fraction of sp³-hybridized carbons (Fsp3) is 0.0690. The summed E-state index contributed by atoms with van der Waals surface area (Å²) < 4.78 is 27.9. The molecule has 0 bridgehead atoms. The molecule has 4 aromatic rings. The molecule has 0 fully saturated rings. The van der Waals surface area contributed by atoms with E-state index in [9.17, 15) is 18.0 Å². The Morgan fingerprint density at radius 2 is 1.51 bits per heavy atom. The third kappa shape index (κ3) is 7.65. The Balaban J connectivity index is 1.51. The van der Waals surface area contributed by atoms with Gasteiger partial charge in [-0.1, -0.05) is 71.2 Å². The van der Waals surface area contributed by atoms with Crippen molar-refractivity contribution in [1.29, 1.82) is 0 Å². The van der Waals surface area contributed by atoms with Crippen molar-refractivity contribution >= 4 is 73.7 Å². The third-order valence-corrected chi connectivity index (χ3v) is 8.55. The number of nitrogens with zero attached hydrogens (tertiary/aromatic N) is 2. The number of carbonyl (C=O) groups excluding carboxylic acids is 2. The average molecular weight is 630 g/mol. The Kier molecular flexibility index (Phi) is 9.67. The first-order valence-corrected chi connectivity index (χ1v) is 14.7. The van der Waals surface area contributed by atoms with Crippen LogP contribution in [0.15, 0.2) is 107 Å². The SMILES string of the molecule is C/C(=N/NC(=O)CN(c1ccc(Cl)c(Cl)c1)S(=O)(=O)c1ccccc1)c1cccc(NC(=O)c2cccc(Cl)c2)c1. The molecule has 41 heavy (non-hydrogen) atoms. The smallest absolute Gasteiger partial charge is 0.264 e. The molecule has 12 heteroatoms. The van der Waals surface area contributed by atoms with Crippen LogP contribution in [0.25, 0.3) is 0 Å². The average Bonchev–Trinajstić information content (AvgIpc) is 2.96. The molecule has 210 valence electrons. The molecule has 8 nitrogen and oxygen atoms in total. The van der Waals surface area contributed by atoms with Crippen LogP contribution in [0.5, 0.6) is 0 Å². The van der Waals surface area contributed by atoms with E-state index in [1.54, 1.807) is 73.7 Å². The minimum atomic E-state index is -4.14. The van der Waals surface area contributed by atoms with E-state index in [1.165, 1.54) is 30.3 Å². The van der Waals surface area contributed by atoms with Gasteiger partial charge in [-0.15, -0.1) is 0 Å². The zero-order chi connectivity index (χ0) is 29.6. The Labute approximate surface area is 252 Å². The van der Waals surface area contributed by atoms with E-state index in [0.29, 0.717) is 27.5 Å². The Morgan fingerprint density at radius 1 is 0.805 bits per heavy atom. The second-order valence-electron chi connectivity index (χ2n) is 8.70. The van der Waals surface area contributed by atoms with Crippen LogP contribution in [0.2, 0.25) is 15.1 Å². The molecular formula is C29H23Cl3N4O4S. The summed E-state index contributed by atoms with van der Waals surface area (Å²) in [6.07, 6.45) is 0. The minimum absolute atomic E-state index is 0.00445. The second-order valence-corrected chi connectivity index (χ2v) is 11.8. The van der Waals surface area contributed by atoms with Crippen LogP contribution in [0.1, 0.15) is 22.8 Å². The molecule has 0 aromatic heterocycles. The molecule has 4 aromatic carbocycles. The van der Waals surface area contributed by atoms with E-state index >= 15 is 0 Å². The molecule has 0 saturated heterocycles. The highest BCUT2D eigenvalue weighted by Gasteiger charge is 2.27. The number of benzene rings is 4. The van der Waals surface area contributed by atoms with Crippen LogP contribution < -0.4 is 15.0 Å². The van der Waals surface area contributed by atoms with Crippen molar-refractivity contribution in [2.75, 3.05) is 16.2 Å². The fourth-order valence-corrected chi connectivity index (χ4v) is 5.62. The number of rotatable bonds is 9.